The van der Waals surface area contributed by atoms with E-state index in [-0.39, 0.29) is 17.9 Å². The number of carbonyl (C=O) groups excluding carboxylic acids is 1. The van der Waals surface area contributed by atoms with Crippen molar-refractivity contribution in [2.45, 2.75) is 18.5 Å². The lowest BCUT2D eigenvalue weighted by atomic mass is 10.2. The molecule has 0 spiro atoms. The van der Waals surface area contributed by atoms with E-state index in [9.17, 15) is 9.59 Å². The van der Waals surface area contributed by atoms with Crippen LogP contribution >= 0.6 is 11.8 Å². The summed E-state index contributed by atoms with van der Waals surface area (Å²) in [5.74, 6) is 0.657. The lowest BCUT2D eigenvalue weighted by Crippen LogP contribution is -2.22. The first kappa shape index (κ1) is 18.0. The Balaban J connectivity index is 2.20. The number of ether oxygens (including phenoxy) is 1. The minimum atomic E-state index is -0.387. The fraction of sp³-hybridized carbons (Fsp3) is 0.211. The van der Waals surface area contributed by atoms with E-state index in [4.69, 9.17) is 10.5 Å². The molecule has 3 aromatic rings. The lowest BCUT2D eigenvalue weighted by molar-refractivity contribution is -0.117. The molecule has 7 heteroatoms. The number of rotatable bonds is 7. The van der Waals surface area contributed by atoms with Crippen LogP contribution in [0, 0.1) is 0 Å². The van der Waals surface area contributed by atoms with Gasteiger partial charge < -0.3 is 10.5 Å². The SMILES string of the molecule is CCOc1ccccc1-n1c(SCCC(N)=O)nc2ccccc2c1=O. The van der Waals surface area contributed by atoms with Crippen LogP contribution in [0.1, 0.15) is 13.3 Å². The van der Waals surface area contributed by atoms with Crippen LogP contribution in [0.5, 0.6) is 5.75 Å². The van der Waals surface area contributed by atoms with Crippen LogP contribution in [0.15, 0.2) is 58.5 Å². The van der Waals surface area contributed by atoms with Gasteiger partial charge in [-0.2, -0.15) is 0 Å². The zero-order valence-electron chi connectivity index (χ0n) is 14.3. The summed E-state index contributed by atoms with van der Waals surface area (Å²) in [5, 5.41) is 1.03. The Hall–Kier alpha value is -2.80. The van der Waals surface area contributed by atoms with Gasteiger partial charge in [-0.25, -0.2) is 4.98 Å². The standard InChI is InChI=1S/C19H19N3O3S/c1-2-25-16-10-6-5-9-15(16)22-18(24)13-7-3-4-8-14(13)21-19(22)26-12-11-17(20)23/h3-10H,2,11-12H2,1H3,(H2,20,23). The fourth-order valence-electron chi connectivity index (χ4n) is 2.58. The monoisotopic (exact) mass is 369 g/mol. The molecule has 1 amide bonds. The first-order chi connectivity index (χ1) is 12.6. The van der Waals surface area contributed by atoms with Crippen LogP contribution in [-0.2, 0) is 4.79 Å². The Morgan fingerprint density at radius 1 is 1.19 bits per heavy atom. The third kappa shape index (κ3) is 3.72. The van der Waals surface area contributed by atoms with Gasteiger partial charge in [0.05, 0.1) is 23.2 Å². The van der Waals surface area contributed by atoms with Gasteiger partial charge >= 0.3 is 0 Å². The van der Waals surface area contributed by atoms with Gasteiger partial charge in [0.2, 0.25) is 5.91 Å². The third-order valence-corrected chi connectivity index (χ3v) is 4.67. The minimum absolute atomic E-state index is 0.177. The van der Waals surface area contributed by atoms with Crippen molar-refractivity contribution >= 4 is 28.6 Å². The van der Waals surface area contributed by atoms with Gasteiger partial charge in [0, 0.05) is 12.2 Å². The van der Waals surface area contributed by atoms with E-state index in [1.54, 1.807) is 16.7 Å². The maximum absolute atomic E-state index is 13.2. The van der Waals surface area contributed by atoms with E-state index in [0.717, 1.165) is 0 Å². The Labute approximate surface area is 155 Å². The van der Waals surface area contributed by atoms with Crippen LogP contribution in [0.4, 0.5) is 0 Å². The molecule has 0 saturated heterocycles. The molecule has 0 saturated carbocycles. The number of primary amides is 1. The molecule has 0 atom stereocenters. The molecule has 26 heavy (non-hydrogen) atoms. The number of benzene rings is 2. The van der Waals surface area contributed by atoms with E-state index >= 15 is 0 Å². The highest BCUT2D eigenvalue weighted by Crippen LogP contribution is 2.27. The van der Waals surface area contributed by atoms with Crippen molar-refractivity contribution in [2.24, 2.45) is 5.73 Å². The molecule has 134 valence electrons. The number of thioether (sulfide) groups is 1. The maximum atomic E-state index is 13.2. The second kappa shape index (κ2) is 8.05. The zero-order chi connectivity index (χ0) is 18.5. The van der Waals surface area contributed by atoms with E-state index in [1.165, 1.54) is 11.8 Å². The van der Waals surface area contributed by atoms with Crippen molar-refractivity contribution in [1.29, 1.82) is 0 Å². The second-order valence-corrected chi connectivity index (χ2v) is 6.58. The molecule has 0 aliphatic carbocycles. The molecule has 0 aliphatic rings. The summed E-state index contributed by atoms with van der Waals surface area (Å²) in [4.78, 5) is 28.9. The number of hydrogen-bond donors (Lipinski definition) is 1. The normalized spacial score (nSPS) is 10.8. The molecular formula is C19H19N3O3S. The minimum Gasteiger partial charge on any atom is -0.492 e. The molecule has 0 fully saturated rings. The summed E-state index contributed by atoms with van der Waals surface area (Å²) in [5.41, 5.74) is 6.29. The average molecular weight is 369 g/mol. The van der Waals surface area contributed by atoms with Crippen LogP contribution in [0.3, 0.4) is 0 Å². The van der Waals surface area contributed by atoms with Crippen molar-refractivity contribution in [3.05, 3.63) is 58.9 Å². The van der Waals surface area contributed by atoms with E-state index in [1.807, 2.05) is 43.3 Å². The molecule has 0 unspecified atom stereocenters. The summed E-state index contributed by atoms with van der Waals surface area (Å²) >= 11 is 1.32. The summed E-state index contributed by atoms with van der Waals surface area (Å²) in [7, 11) is 0. The van der Waals surface area contributed by atoms with Gasteiger partial charge in [-0.1, -0.05) is 36.0 Å². The van der Waals surface area contributed by atoms with E-state index in [2.05, 4.69) is 4.98 Å². The summed E-state index contributed by atoms with van der Waals surface area (Å²) in [6.07, 6.45) is 0.209. The van der Waals surface area contributed by atoms with Crippen molar-refractivity contribution < 1.29 is 9.53 Å². The Kier molecular flexibility index (Phi) is 5.58. The molecule has 2 aromatic carbocycles. The zero-order valence-corrected chi connectivity index (χ0v) is 15.2. The summed E-state index contributed by atoms with van der Waals surface area (Å²) in [6.45, 7) is 2.37. The average Bonchev–Trinajstić information content (AvgIpc) is 2.63. The number of nitrogens with two attached hydrogens (primary N) is 1. The Morgan fingerprint density at radius 2 is 1.92 bits per heavy atom. The highest BCUT2D eigenvalue weighted by Gasteiger charge is 2.16. The van der Waals surface area contributed by atoms with Crippen LogP contribution in [0.2, 0.25) is 0 Å². The molecule has 1 aromatic heterocycles. The van der Waals surface area contributed by atoms with Gasteiger partial charge in [0.1, 0.15) is 5.75 Å². The van der Waals surface area contributed by atoms with Crippen molar-refractivity contribution in [3.63, 3.8) is 0 Å². The number of hydrogen-bond acceptors (Lipinski definition) is 5. The van der Waals surface area contributed by atoms with Crippen LogP contribution < -0.4 is 16.0 Å². The number of fused-ring (bicyclic) bond motifs is 1. The molecule has 0 aliphatic heterocycles. The van der Waals surface area contributed by atoms with Crippen molar-refractivity contribution in [3.8, 4) is 11.4 Å². The lowest BCUT2D eigenvalue weighted by Gasteiger charge is -2.16. The molecule has 2 N–H and O–H groups in total. The first-order valence-electron chi connectivity index (χ1n) is 8.27. The highest BCUT2D eigenvalue weighted by atomic mass is 32.2. The number of aromatic nitrogens is 2. The van der Waals surface area contributed by atoms with Crippen molar-refractivity contribution in [2.75, 3.05) is 12.4 Å². The van der Waals surface area contributed by atoms with E-state index < -0.39 is 0 Å². The number of carbonyl (C=O) groups is 1. The van der Waals surface area contributed by atoms with E-state index in [0.29, 0.717) is 39.9 Å². The number of para-hydroxylation sites is 3. The predicted molar refractivity (Wildman–Crippen MR) is 103 cm³/mol. The Bertz CT molecular complexity index is 1000. The molecule has 0 bridgehead atoms. The number of nitrogens with zero attached hydrogens (tertiary/aromatic N) is 2. The molecular weight excluding hydrogens is 350 g/mol. The molecule has 1 heterocycles. The highest BCUT2D eigenvalue weighted by molar-refractivity contribution is 7.99. The summed E-state index contributed by atoms with van der Waals surface area (Å²) in [6, 6.07) is 14.5. The topological polar surface area (TPSA) is 87.2 Å². The van der Waals surface area contributed by atoms with Gasteiger partial charge in [0.15, 0.2) is 5.16 Å². The fourth-order valence-corrected chi connectivity index (χ4v) is 3.54. The van der Waals surface area contributed by atoms with Crippen molar-refractivity contribution in [1.82, 2.24) is 9.55 Å². The first-order valence-corrected chi connectivity index (χ1v) is 9.25. The quantitative estimate of drug-likeness (QED) is 0.511. The van der Waals surface area contributed by atoms with Crippen LogP contribution in [0.25, 0.3) is 16.6 Å². The molecule has 0 radical (unpaired) electrons. The van der Waals surface area contributed by atoms with Gasteiger partial charge in [-0.3, -0.25) is 14.2 Å². The smallest absolute Gasteiger partial charge is 0.266 e. The predicted octanol–water partition coefficient (Wildman–Crippen LogP) is 2.75. The number of amides is 1. The van der Waals surface area contributed by atoms with Gasteiger partial charge in [-0.15, -0.1) is 0 Å². The Morgan fingerprint density at radius 3 is 2.69 bits per heavy atom. The summed E-state index contributed by atoms with van der Waals surface area (Å²) < 4.78 is 7.23. The molecule has 3 rings (SSSR count). The van der Waals surface area contributed by atoms with Crippen LogP contribution in [-0.4, -0.2) is 27.8 Å². The molecule has 6 nitrogen and oxygen atoms in total. The van der Waals surface area contributed by atoms with Gasteiger partial charge in [-0.05, 0) is 31.2 Å². The largest absolute Gasteiger partial charge is 0.492 e. The van der Waals surface area contributed by atoms with Gasteiger partial charge in [0.25, 0.3) is 5.56 Å². The third-order valence-electron chi connectivity index (χ3n) is 3.73. The second-order valence-electron chi connectivity index (χ2n) is 5.52. The maximum Gasteiger partial charge on any atom is 0.266 e.